The van der Waals surface area contributed by atoms with Crippen molar-refractivity contribution in [2.45, 2.75) is 103 Å². The molecular weight excluding hydrogens is 398 g/mol. The Hall–Kier alpha value is -1.10. The van der Waals surface area contributed by atoms with E-state index < -0.39 is 0 Å². The number of nitrogens with zero attached hydrogens (tertiary/aromatic N) is 1. The highest BCUT2D eigenvalue weighted by molar-refractivity contribution is 5.81. The van der Waals surface area contributed by atoms with Crippen molar-refractivity contribution in [3.63, 3.8) is 0 Å². The molecule has 2 N–H and O–H groups in total. The number of amides is 2. The van der Waals surface area contributed by atoms with Crippen molar-refractivity contribution >= 4 is 11.8 Å². The minimum absolute atomic E-state index is 0.0935. The van der Waals surface area contributed by atoms with Crippen molar-refractivity contribution in [1.29, 1.82) is 0 Å². The zero-order valence-electron chi connectivity index (χ0n) is 20.5. The zero-order chi connectivity index (χ0) is 22.4. The average molecular weight is 444 g/mol. The van der Waals surface area contributed by atoms with Crippen molar-refractivity contribution in [1.82, 2.24) is 15.5 Å². The van der Waals surface area contributed by atoms with Crippen LogP contribution in [0, 0.1) is 41.4 Å². The summed E-state index contributed by atoms with van der Waals surface area (Å²) in [6, 6.07) is 1.26. The Balaban J connectivity index is 1.21. The number of carbonyl (C=O) groups is 2. The van der Waals surface area contributed by atoms with Gasteiger partial charge in [0.1, 0.15) is 0 Å². The molecule has 2 heterocycles. The van der Waals surface area contributed by atoms with Crippen LogP contribution in [0.3, 0.4) is 0 Å². The van der Waals surface area contributed by atoms with E-state index in [9.17, 15) is 9.59 Å². The Morgan fingerprint density at radius 1 is 0.938 bits per heavy atom. The highest BCUT2D eigenvalue weighted by atomic mass is 16.2. The van der Waals surface area contributed by atoms with Gasteiger partial charge in [0.15, 0.2) is 0 Å². The summed E-state index contributed by atoms with van der Waals surface area (Å²) in [5.41, 5.74) is 0. The Kier molecular flexibility index (Phi) is 6.57. The lowest BCUT2D eigenvalue weighted by Gasteiger charge is -2.50. The van der Waals surface area contributed by atoms with Crippen LogP contribution in [0.4, 0.5) is 0 Å². The molecule has 2 saturated heterocycles. The van der Waals surface area contributed by atoms with Crippen LogP contribution in [0.1, 0.15) is 84.5 Å². The van der Waals surface area contributed by atoms with E-state index in [1.807, 2.05) is 7.05 Å². The van der Waals surface area contributed by atoms with Crippen molar-refractivity contribution in [2.24, 2.45) is 41.4 Å². The van der Waals surface area contributed by atoms with Crippen LogP contribution in [0.25, 0.3) is 0 Å². The van der Waals surface area contributed by atoms with Crippen LogP contribution in [-0.4, -0.2) is 48.4 Å². The molecule has 180 valence electrons. The van der Waals surface area contributed by atoms with E-state index >= 15 is 0 Å². The molecule has 5 rings (SSSR count). The van der Waals surface area contributed by atoms with E-state index in [0.717, 1.165) is 50.5 Å². The summed E-state index contributed by atoms with van der Waals surface area (Å²) in [7, 11) is 2.03. The fourth-order valence-electron chi connectivity index (χ4n) is 8.36. The van der Waals surface area contributed by atoms with Crippen molar-refractivity contribution < 1.29 is 9.59 Å². The summed E-state index contributed by atoms with van der Waals surface area (Å²) in [6.07, 6.45) is 12.9. The molecule has 3 aliphatic carbocycles. The number of carbonyl (C=O) groups excluding carboxylic acids is 2. The Morgan fingerprint density at radius 3 is 2.59 bits per heavy atom. The van der Waals surface area contributed by atoms with E-state index in [1.54, 1.807) is 0 Å². The maximum absolute atomic E-state index is 13.4. The molecule has 0 aromatic heterocycles. The minimum Gasteiger partial charge on any atom is -0.353 e. The molecule has 10 atom stereocenters. The normalized spacial score (nSPS) is 47.0. The summed E-state index contributed by atoms with van der Waals surface area (Å²) >= 11 is 0. The van der Waals surface area contributed by atoms with Gasteiger partial charge in [0.2, 0.25) is 11.8 Å². The third kappa shape index (κ3) is 4.35. The molecule has 5 heteroatoms. The Bertz CT molecular complexity index is 711. The van der Waals surface area contributed by atoms with Gasteiger partial charge in [0.05, 0.1) is 0 Å². The number of likely N-dealkylation sites (tertiary alicyclic amines) is 1. The van der Waals surface area contributed by atoms with Gasteiger partial charge in [-0.25, -0.2) is 0 Å². The number of hydrogen-bond donors (Lipinski definition) is 2. The summed E-state index contributed by atoms with van der Waals surface area (Å²) < 4.78 is 0. The number of hydrogen-bond acceptors (Lipinski definition) is 3. The molecule has 5 nitrogen and oxygen atoms in total. The van der Waals surface area contributed by atoms with Crippen molar-refractivity contribution in [2.75, 3.05) is 13.6 Å². The molecule has 0 radical (unpaired) electrons. The zero-order valence-corrected chi connectivity index (χ0v) is 20.5. The maximum atomic E-state index is 13.4. The van der Waals surface area contributed by atoms with Crippen LogP contribution < -0.4 is 10.6 Å². The molecule has 2 aliphatic heterocycles. The van der Waals surface area contributed by atoms with E-state index in [0.29, 0.717) is 41.8 Å². The fraction of sp³-hybridized carbons (Fsp3) is 0.926. The van der Waals surface area contributed by atoms with E-state index in [4.69, 9.17) is 0 Å². The summed E-state index contributed by atoms with van der Waals surface area (Å²) in [5.74, 6) is 4.03. The highest BCUT2D eigenvalue weighted by Crippen LogP contribution is 2.45. The molecule has 0 spiro atoms. The Morgan fingerprint density at radius 2 is 1.75 bits per heavy atom. The van der Waals surface area contributed by atoms with E-state index in [-0.39, 0.29) is 17.7 Å². The molecule has 2 amide bonds. The molecule has 5 aliphatic rings. The van der Waals surface area contributed by atoms with Crippen LogP contribution in [0.5, 0.6) is 0 Å². The lowest BCUT2D eigenvalue weighted by atomic mass is 9.64. The van der Waals surface area contributed by atoms with Gasteiger partial charge in [0, 0.05) is 43.6 Å². The lowest BCUT2D eigenvalue weighted by molar-refractivity contribution is -0.149. The van der Waals surface area contributed by atoms with Gasteiger partial charge in [-0.15, -0.1) is 0 Å². The van der Waals surface area contributed by atoms with Gasteiger partial charge in [-0.2, -0.15) is 0 Å². The molecule has 10 unspecified atom stereocenters. The first-order valence-corrected chi connectivity index (χ1v) is 13.7. The van der Waals surface area contributed by atoms with Gasteiger partial charge in [-0.1, -0.05) is 26.2 Å². The number of piperidine rings is 2. The summed E-state index contributed by atoms with van der Waals surface area (Å²) in [5, 5.41) is 7.10. The van der Waals surface area contributed by atoms with Gasteiger partial charge in [-0.05, 0) is 87.9 Å². The van der Waals surface area contributed by atoms with Crippen LogP contribution in [0.15, 0.2) is 0 Å². The van der Waals surface area contributed by atoms with Gasteiger partial charge < -0.3 is 15.5 Å². The summed E-state index contributed by atoms with van der Waals surface area (Å²) in [6.45, 7) is 5.57. The molecule has 0 aromatic rings. The molecule has 3 saturated carbocycles. The number of nitrogens with one attached hydrogen (secondary N) is 2. The van der Waals surface area contributed by atoms with E-state index in [2.05, 4.69) is 29.4 Å². The second-order valence-electron chi connectivity index (χ2n) is 12.3. The molecule has 5 fully saturated rings. The van der Waals surface area contributed by atoms with Gasteiger partial charge in [-0.3, -0.25) is 9.59 Å². The average Bonchev–Trinajstić information content (AvgIpc) is 3.25. The monoisotopic (exact) mass is 443 g/mol. The fourth-order valence-corrected chi connectivity index (χ4v) is 8.36. The SMILES string of the molecule is CC1CC2C(CN1)CC(C1CC(C(=O)NC3CCC4CCCC4C3)CCC1C)C(=O)N2C. The number of rotatable bonds is 3. The maximum Gasteiger partial charge on any atom is 0.225 e. The predicted molar refractivity (Wildman–Crippen MR) is 127 cm³/mol. The first-order chi connectivity index (χ1) is 15.4. The molecular formula is C27H45N3O2. The second kappa shape index (κ2) is 9.27. The topological polar surface area (TPSA) is 61.4 Å². The Labute approximate surface area is 194 Å². The smallest absolute Gasteiger partial charge is 0.225 e. The lowest BCUT2D eigenvalue weighted by Crippen LogP contribution is -2.60. The van der Waals surface area contributed by atoms with E-state index in [1.165, 1.54) is 38.5 Å². The van der Waals surface area contributed by atoms with Crippen LogP contribution >= 0.6 is 0 Å². The molecule has 32 heavy (non-hydrogen) atoms. The molecule has 0 aromatic carbocycles. The second-order valence-corrected chi connectivity index (χ2v) is 12.3. The van der Waals surface area contributed by atoms with Crippen molar-refractivity contribution in [3.05, 3.63) is 0 Å². The van der Waals surface area contributed by atoms with Gasteiger partial charge in [0.25, 0.3) is 0 Å². The minimum atomic E-state index is 0.0935. The highest BCUT2D eigenvalue weighted by Gasteiger charge is 2.47. The third-order valence-corrected chi connectivity index (χ3v) is 10.4. The van der Waals surface area contributed by atoms with Gasteiger partial charge >= 0.3 is 0 Å². The summed E-state index contributed by atoms with van der Waals surface area (Å²) in [4.78, 5) is 28.8. The first kappa shape index (κ1) is 22.7. The van der Waals surface area contributed by atoms with Crippen molar-refractivity contribution in [3.8, 4) is 0 Å². The molecule has 0 bridgehead atoms. The van der Waals surface area contributed by atoms with Crippen LogP contribution in [0.2, 0.25) is 0 Å². The largest absolute Gasteiger partial charge is 0.353 e. The predicted octanol–water partition coefficient (Wildman–Crippen LogP) is 3.97. The number of fused-ring (bicyclic) bond motifs is 2. The quantitative estimate of drug-likeness (QED) is 0.694. The van der Waals surface area contributed by atoms with Crippen LogP contribution in [-0.2, 0) is 9.59 Å². The first-order valence-electron chi connectivity index (χ1n) is 13.7. The third-order valence-electron chi connectivity index (χ3n) is 10.4. The standard InChI is InChI=1S/C27H45N3O2/c1-16-7-8-20(26(31)29-22-10-9-18-5-4-6-19(18)12-22)13-23(16)24-14-21-15-28-17(2)11-25(21)30(3)27(24)32/h16-25,28H,4-15H2,1-3H3,(H,29,31).